The predicted molar refractivity (Wildman–Crippen MR) is 154 cm³/mol. The molecular weight excluding hydrogens is 590 g/mol. The normalized spacial score (nSPS) is 12.2. The molecule has 0 radical (unpaired) electrons. The molecule has 0 atom stereocenters. The van der Waals surface area contributed by atoms with E-state index in [0.29, 0.717) is 45.9 Å². The molecule has 42 heavy (non-hydrogen) atoms. The molecule has 0 unspecified atom stereocenters. The predicted octanol–water partition coefficient (Wildman–Crippen LogP) is 5.17. The van der Waals surface area contributed by atoms with Gasteiger partial charge in [-0.1, -0.05) is 11.6 Å². The molecule has 1 amide bonds. The van der Waals surface area contributed by atoms with Crippen molar-refractivity contribution < 1.29 is 48.3 Å². The lowest BCUT2D eigenvalue weighted by Gasteiger charge is -2.16. The van der Waals surface area contributed by atoms with Crippen molar-refractivity contribution in [3.8, 4) is 23.0 Å². The third-order valence-electron chi connectivity index (χ3n) is 6.65. The molecule has 0 bridgehead atoms. The average Bonchev–Trinajstić information content (AvgIpc) is 3.59. The van der Waals surface area contributed by atoms with Crippen molar-refractivity contribution >= 4 is 56.7 Å². The second kappa shape index (κ2) is 13.8. The van der Waals surface area contributed by atoms with E-state index < -0.39 is 11.9 Å². The Morgan fingerprint density at radius 2 is 1.55 bits per heavy atom. The second-order valence-electron chi connectivity index (χ2n) is 9.52. The summed E-state index contributed by atoms with van der Waals surface area (Å²) in [5, 5.41) is 18.8. The molecule has 0 spiro atoms. The zero-order chi connectivity index (χ0) is 30.4. The number of ether oxygens (including phenoxy) is 4. The Kier molecular flexibility index (Phi) is 10.1. The van der Waals surface area contributed by atoms with Gasteiger partial charge < -0.3 is 34.1 Å². The highest BCUT2D eigenvalue weighted by Crippen LogP contribution is 2.43. The van der Waals surface area contributed by atoms with Crippen molar-refractivity contribution in [1.82, 2.24) is 4.90 Å². The number of thiophene rings is 1. The highest BCUT2D eigenvalue weighted by molar-refractivity contribution is 7.20. The molecule has 224 valence electrons. The Bertz CT molecular complexity index is 1520. The van der Waals surface area contributed by atoms with Crippen LogP contribution in [0.5, 0.6) is 23.0 Å². The topological polar surface area (TPSA) is 149 Å². The number of hydrogen-bond acceptors (Lipinski definition) is 9. The molecule has 2 N–H and O–H groups in total. The molecule has 3 aromatic rings. The average molecular weight is 620 g/mol. The minimum atomic E-state index is -1.03. The maximum Gasteiger partial charge on any atom is 0.303 e. The summed E-state index contributed by atoms with van der Waals surface area (Å²) in [6.07, 6.45) is -0.119. The lowest BCUT2D eigenvalue weighted by molar-refractivity contribution is -0.141. The Balaban J connectivity index is 1.36. The SMILES string of the molecule is COc1cc2sc(C(=O)CCC(=O)O)cc2cc1OCCCOc1c(OC)cc2c(c1Cl)CN(C(=O)CCC(=O)O)C2. The highest BCUT2D eigenvalue weighted by atomic mass is 35.5. The van der Waals surface area contributed by atoms with Gasteiger partial charge in [-0.25, -0.2) is 0 Å². The third-order valence-corrected chi connectivity index (χ3v) is 8.19. The van der Waals surface area contributed by atoms with Crippen molar-refractivity contribution in [1.29, 1.82) is 0 Å². The van der Waals surface area contributed by atoms with Gasteiger partial charge in [0.15, 0.2) is 28.8 Å². The first-order valence-electron chi connectivity index (χ1n) is 13.1. The van der Waals surface area contributed by atoms with Crippen LogP contribution in [0.1, 0.15) is 52.9 Å². The summed E-state index contributed by atoms with van der Waals surface area (Å²) in [5.41, 5.74) is 1.56. The number of amides is 1. The van der Waals surface area contributed by atoms with Gasteiger partial charge in [0, 0.05) is 43.1 Å². The number of carbonyl (C=O) groups excluding carboxylic acids is 2. The van der Waals surface area contributed by atoms with Crippen LogP contribution in [0.2, 0.25) is 5.02 Å². The number of nitrogens with zero attached hydrogens (tertiary/aromatic N) is 1. The number of halogens is 1. The second-order valence-corrected chi connectivity index (χ2v) is 11.0. The Morgan fingerprint density at radius 3 is 2.24 bits per heavy atom. The van der Waals surface area contributed by atoms with E-state index in [4.69, 9.17) is 40.8 Å². The molecule has 4 rings (SSSR count). The van der Waals surface area contributed by atoms with E-state index in [1.165, 1.54) is 25.6 Å². The zero-order valence-electron chi connectivity index (χ0n) is 23.1. The fourth-order valence-corrected chi connectivity index (χ4v) is 5.88. The van der Waals surface area contributed by atoms with Gasteiger partial charge in [-0.3, -0.25) is 19.2 Å². The molecule has 2 heterocycles. The number of Topliss-reactive ketones (excluding diaryl/α,β-unsaturated/α-hetero) is 1. The number of methoxy groups -OCH3 is 2. The number of hydrogen-bond donors (Lipinski definition) is 2. The number of aliphatic carboxylic acids is 2. The smallest absolute Gasteiger partial charge is 0.303 e. The monoisotopic (exact) mass is 619 g/mol. The maximum atomic E-state index is 12.4. The molecule has 2 aromatic carbocycles. The standard InChI is InChI=1S/C29H30ClNO10S/c1-38-20-13-23-16(12-24(42-23)19(32)4-6-26(34)35)10-21(20)40-8-3-9-41-29-22(39-2)11-17-14-31(15-18(17)28(29)30)25(33)5-7-27(36)37/h10-13H,3-9,14-15H2,1-2H3,(H,34,35)(H,36,37). The van der Waals surface area contributed by atoms with Crippen LogP contribution >= 0.6 is 22.9 Å². The molecule has 13 heteroatoms. The van der Waals surface area contributed by atoms with Crippen LogP contribution in [0.15, 0.2) is 24.3 Å². The van der Waals surface area contributed by atoms with Gasteiger partial charge in [0.1, 0.15) is 0 Å². The van der Waals surface area contributed by atoms with E-state index in [9.17, 15) is 19.2 Å². The quantitative estimate of drug-likeness (QED) is 0.172. The van der Waals surface area contributed by atoms with E-state index in [0.717, 1.165) is 21.2 Å². The molecule has 1 aliphatic rings. The van der Waals surface area contributed by atoms with Gasteiger partial charge in [0.2, 0.25) is 5.91 Å². The van der Waals surface area contributed by atoms with Gasteiger partial charge in [-0.05, 0) is 34.7 Å². The molecule has 11 nitrogen and oxygen atoms in total. The molecule has 0 saturated heterocycles. The maximum absolute atomic E-state index is 12.4. The number of rotatable bonds is 15. The number of fused-ring (bicyclic) bond motifs is 2. The molecule has 1 aliphatic heterocycles. The number of ketones is 1. The lowest BCUT2D eigenvalue weighted by Crippen LogP contribution is -2.25. The fraction of sp³-hybridized carbons (Fsp3) is 0.379. The number of benzene rings is 2. The van der Waals surface area contributed by atoms with Crippen LogP contribution in [-0.4, -0.2) is 66.2 Å². The van der Waals surface area contributed by atoms with Crippen molar-refractivity contribution in [3.05, 3.63) is 45.3 Å². The summed E-state index contributed by atoms with van der Waals surface area (Å²) in [5.74, 6) is -0.756. The van der Waals surface area contributed by atoms with E-state index in [1.54, 1.807) is 29.2 Å². The van der Waals surface area contributed by atoms with E-state index >= 15 is 0 Å². The Hall–Kier alpha value is -4.03. The van der Waals surface area contributed by atoms with Gasteiger partial charge in [-0.15, -0.1) is 11.3 Å². The van der Waals surface area contributed by atoms with E-state index in [2.05, 4.69) is 0 Å². The molecule has 0 fully saturated rings. The van der Waals surface area contributed by atoms with Crippen LogP contribution in [0, 0.1) is 0 Å². The highest BCUT2D eigenvalue weighted by Gasteiger charge is 2.29. The summed E-state index contributed by atoms with van der Waals surface area (Å²) in [6, 6.07) is 7.07. The largest absolute Gasteiger partial charge is 0.493 e. The molecular formula is C29H30ClNO10S. The summed E-state index contributed by atoms with van der Waals surface area (Å²) in [4.78, 5) is 48.4. The zero-order valence-corrected chi connectivity index (χ0v) is 24.6. The molecule has 0 saturated carbocycles. The van der Waals surface area contributed by atoms with Gasteiger partial charge in [0.25, 0.3) is 0 Å². The summed E-state index contributed by atoms with van der Waals surface area (Å²) >= 11 is 7.94. The van der Waals surface area contributed by atoms with Crippen molar-refractivity contribution in [2.24, 2.45) is 0 Å². The van der Waals surface area contributed by atoms with Crippen molar-refractivity contribution in [3.63, 3.8) is 0 Å². The summed E-state index contributed by atoms with van der Waals surface area (Å²) in [6.45, 7) is 1.11. The minimum Gasteiger partial charge on any atom is -0.493 e. The number of carbonyl (C=O) groups is 4. The lowest BCUT2D eigenvalue weighted by atomic mass is 10.1. The number of carboxylic acids is 2. The Labute approximate surface area is 250 Å². The molecule has 1 aromatic heterocycles. The minimum absolute atomic E-state index is 0.0646. The van der Waals surface area contributed by atoms with Gasteiger partial charge in [0.05, 0.1) is 50.2 Å². The number of carboxylic acid groups (broad SMARTS) is 2. The van der Waals surface area contributed by atoms with Crippen LogP contribution in [0.25, 0.3) is 10.1 Å². The van der Waals surface area contributed by atoms with Gasteiger partial charge >= 0.3 is 11.9 Å². The first-order valence-corrected chi connectivity index (χ1v) is 14.3. The van der Waals surface area contributed by atoms with Crippen LogP contribution in [0.3, 0.4) is 0 Å². The molecule has 0 aliphatic carbocycles. The summed E-state index contributed by atoms with van der Waals surface area (Å²) in [7, 11) is 3.02. The van der Waals surface area contributed by atoms with Crippen LogP contribution < -0.4 is 18.9 Å². The first kappa shape index (κ1) is 30.9. The summed E-state index contributed by atoms with van der Waals surface area (Å²) < 4.78 is 23.7. The van der Waals surface area contributed by atoms with E-state index in [1.807, 2.05) is 0 Å². The first-order chi connectivity index (χ1) is 20.1. The van der Waals surface area contributed by atoms with Crippen LogP contribution in [0.4, 0.5) is 0 Å². The van der Waals surface area contributed by atoms with Crippen LogP contribution in [-0.2, 0) is 27.5 Å². The van der Waals surface area contributed by atoms with E-state index in [-0.39, 0.29) is 57.1 Å². The van der Waals surface area contributed by atoms with Crippen molar-refractivity contribution in [2.75, 3.05) is 27.4 Å². The fourth-order valence-electron chi connectivity index (χ4n) is 4.51. The Morgan fingerprint density at radius 1 is 0.857 bits per heavy atom. The third kappa shape index (κ3) is 7.24. The van der Waals surface area contributed by atoms with Crippen molar-refractivity contribution in [2.45, 2.75) is 45.2 Å². The van der Waals surface area contributed by atoms with Gasteiger partial charge in [-0.2, -0.15) is 0 Å².